The van der Waals surface area contributed by atoms with E-state index in [1.165, 1.54) is 0 Å². The lowest BCUT2D eigenvalue weighted by Crippen LogP contribution is -2.16. The summed E-state index contributed by atoms with van der Waals surface area (Å²) in [5, 5.41) is 11.3. The zero-order chi connectivity index (χ0) is 25.8. The molecule has 0 fully saturated rings. The van der Waals surface area contributed by atoms with E-state index in [9.17, 15) is 18.0 Å². The molecule has 0 aliphatic heterocycles. The number of rotatable bonds is 9. The van der Waals surface area contributed by atoms with Gasteiger partial charge in [-0.1, -0.05) is 41.6 Å². The largest absolute Gasteiger partial charge is 0.482 e. The number of aromatic nitrogens is 3. The van der Waals surface area contributed by atoms with Crippen molar-refractivity contribution in [1.82, 2.24) is 14.8 Å². The second-order valence-corrected chi connectivity index (χ2v) is 9.08. The Balaban J connectivity index is 1.71. The van der Waals surface area contributed by atoms with Crippen LogP contribution >= 0.6 is 23.4 Å². The zero-order valence-electron chi connectivity index (χ0n) is 19.3. The van der Waals surface area contributed by atoms with Crippen LogP contribution in [0.2, 0.25) is 5.02 Å². The van der Waals surface area contributed by atoms with Gasteiger partial charge in [0.05, 0.1) is 22.0 Å². The van der Waals surface area contributed by atoms with E-state index in [2.05, 4.69) is 22.1 Å². The first kappa shape index (κ1) is 26.6. The molecule has 0 aliphatic carbocycles. The first-order valence-corrected chi connectivity index (χ1v) is 11.9. The molecule has 0 saturated heterocycles. The maximum absolute atomic E-state index is 13.0. The van der Waals surface area contributed by atoms with Crippen LogP contribution in [0, 0.1) is 13.8 Å². The summed E-state index contributed by atoms with van der Waals surface area (Å²) in [6, 6.07) is 8.54. The van der Waals surface area contributed by atoms with Crippen molar-refractivity contribution in [3.05, 3.63) is 76.6 Å². The van der Waals surface area contributed by atoms with Gasteiger partial charge in [-0.05, 0) is 56.2 Å². The summed E-state index contributed by atoms with van der Waals surface area (Å²) < 4.78 is 46.8. The molecule has 0 saturated carbocycles. The average molecular weight is 525 g/mol. The number of hydrogen-bond acceptors (Lipinski definition) is 5. The Morgan fingerprint density at radius 3 is 2.71 bits per heavy atom. The first-order valence-electron chi connectivity index (χ1n) is 10.6. The number of nitrogens with one attached hydrogen (secondary N) is 1. The number of nitrogens with zero attached hydrogens (tertiary/aromatic N) is 3. The Bertz CT molecular complexity index is 1230. The van der Waals surface area contributed by atoms with Crippen LogP contribution in [0.25, 0.3) is 0 Å². The molecule has 1 unspecified atom stereocenters. The van der Waals surface area contributed by atoms with E-state index in [1.54, 1.807) is 10.6 Å². The highest BCUT2D eigenvalue weighted by Crippen LogP contribution is 2.34. The smallest absolute Gasteiger partial charge is 0.416 e. The normalized spacial score (nSPS) is 12.3. The molecule has 1 atom stereocenters. The molecule has 0 spiro atoms. The molecule has 186 valence electrons. The third-order valence-electron chi connectivity index (χ3n) is 5.18. The van der Waals surface area contributed by atoms with E-state index in [1.807, 2.05) is 39.0 Å². The lowest BCUT2D eigenvalue weighted by molar-refractivity contribution is -0.137. The van der Waals surface area contributed by atoms with Crippen molar-refractivity contribution in [2.24, 2.45) is 0 Å². The number of carbonyl (C=O) groups excluding carboxylic acids is 1. The van der Waals surface area contributed by atoms with Gasteiger partial charge in [0.15, 0.2) is 17.1 Å². The van der Waals surface area contributed by atoms with Gasteiger partial charge in [-0.3, -0.25) is 9.36 Å². The summed E-state index contributed by atoms with van der Waals surface area (Å²) in [5.41, 5.74) is 1.10. The number of alkyl halides is 3. The quantitative estimate of drug-likeness (QED) is 0.251. The molecule has 1 N–H and O–H groups in total. The van der Waals surface area contributed by atoms with E-state index in [0.29, 0.717) is 17.5 Å². The number of benzene rings is 2. The molecule has 2 aromatic carbocycles. The molecule has 1 aromatic heterocycles. The summed E-state index contributed by atoms with van der Waals surface area (Å²) in [6.07, 6.45) is -3.31. The van der Waals surface area contributed by atoms with Gasteiger partial charge in [0.2, 0.25) is 5.91 Å². The maximum Gasteiger partial charge on any atom is 0.416 e. The van der Waals surface area contributed by atoms with Crippen LogP contribution in [-0.2, 0) is 17.5 Å². The minimum Gasteiger partial charge on any atom is -0.482 e. The van der Waals surface area contributed by atoms with Crippen LogP contribution in [0.5, 0.6) is 5.75 Å². The molecule has 35 heavy (non-hydrogen) atoms. The van der Waals surface area contributed by atoms with Crippen molar-refractivity contribution in [3.8, 4) is 5.75 Å². The van der Waals surface area contributed by atoms with Gasteiger partial charge >= 0.3 is 6.18 Å². The Kier molecular flexibility index (Phi) is 8.50. The monoisotopic (exact) mass is 524 g/mol. The standard InChI is InChI=1S/C24H24ClF3N4O2S/c1-5-11-32-22(16(4)34-20-8-6-7-14(2)15(20)3)30-31-23(32)35-13-21(33)29-19-12-17(24(26,27)28)9-10-18(19)25/h5-10,12,16H,1,11,13H2,2-4H3,(H,29,33). The van der Waals surface area contributed by atoms with Crippen molar-refractivity contribution in [2.45, 2.75) is 44.8 Å². The molecule has 0 bridgehead atoms. The summed E-state index contributed by atoms with van der Waals surface area (Å²) in [6.45, 7) is 9.97. The van der Waals surface area contributed by atoms with Gasteiger partial charge in [-0.2, -0.15) is 13.2 Å². The van der Waals surface area contributed by atoms with E-state index in [-0.39, 0.29) is 16.5 Å². The molecule has 1 amide bonds. The highest BCUT2D eigenvalue weighted by molar-refractivity contribution is 7.99. The fraction of sp³-hybridized carbons (Fsp3) is 0.292. The van der Waals surface area contributed by atoms with Gasteiger partial charge in [0.25, 0.3) is 0 Å². The van der Waals surface area contributed by atoms with E-state index < -0.39 is 23.8 Å². The number of carbonyl (C=O) groups is 1. The molecular formula is C24H24ClF3N4O2S. The van der Waals surface area contributed by atoms with Crippen LogP contribution in [0.15, 0.2) is 54.2 Å². The highest BCUT2D eigenvalue weighted by Gasteiger charge is 2.31. The first-order chi connectivity index (χ1) is 16.5. The highest BCUT2D eigenvalue weighted by atomic mass is 35.5. The van der Waals surface area contributed by atoms with Gasteiger partial charge in [-0.15, -0.1) is 16.8 Å². The molecule has 0 radical (unpaired) electrons. The molecule has 3 aromatic rings. The van der Waals surface area contributed by atoms with Crippen molar-refractivity contribution >= 4 is 35.0 Å². The molecule has 6 nitrogen and oxygen atoms in total. The summed E-state index contributed by atoms with van der Waals surface area (Å²) in [5.74, 6) is 0.631. The Labute approximate surface area is 210 Å². The second kappa shape index (κ2) is 11.2. The fourth-order valence-electron chi connectivity index (χ4n) is 3.22. The molecule has 11 heteroatoms. The number of thioether (sulfide) groups is 1. The van der Waals surface area contributed by atoms with Crippen LogP contribution in [-0.4, -0.2) is 26.4 Å². The lowest BCUT2D eigenvalue weighted by Gasteiger charge is -2.18. The average Bonchev–Trinajstić information content (AvgIpc) is 3.19. The van der Waals surface area contributed by atoms with E-state index in [4.69, 9.17) is 16.3 Å². The number of amides is 1. The number of allylic oxidation sites excluding steroid dienone is 1. The van der Waals surface area contributed by atoms with Crippen molar-refractivity contribution in [3.63, 3.8) is 0 Å². The number of ether oxygens (including phenoxy) is 1. The lowest BCUT2D eigenvalue weighted by atomic mass is 10.1. The maximum atomic E-state index is 13.0. The minimum absolute atomic E-state index is 0.00544. The third kappa shape index (κ3) is 6.58. The third-order valence-corrected chi connectivity index (χ3v) is 6.48. The number of aryl methyl sites for hydroxylation is 1. The molecular weight excluding hydrogens is 501 g/mol. The fourth-order valence-corrected chi connectivity index (χ4v) is 4.14. The molecule has 1 heterocycles. The van der Waals surface area contributed by atoms with Gasteiger partial charge in [-0.25, -0.2) is 0 Å². The van der Waals surface area contributed by atoms with Crippen LogP contribution < -0.4 is 10.1 Å². The number of halogens is 4. The van der Waals surface area contributed by atoms with E-state index in [0.717, 1.165) is 46.8 Å². The summed E-state index contributed by atoms with van der Waals surface area (Å²) in [7, 11) is 0. The SMILES string of the molecule is C=CCn1c(SCC(=O)Nc2cc(C(F)(F)F)ccc2Cl)nnc1C(C)Oc1cccc(C)c1C. The number of hydrogen-bond donors (Lipinski definition) is 1. The van der Waals surface area contributed by atoms with Gasteiger partial charge in [0.1, 0.15) is 5.75 Å². The van der Waals surface area contributed by atoms with E-state index >= 15 is 0 Å². The van der Waals surface area contributed by atoms with Crippen molar-refractivity contribution in [1.29, 1.82) is 0 Å². The second-order valence-electron chi connectivity index (χ2n) is 7.73. The molecule has 3 rings (SSSR count). The summed E-state index contributed by atoms with van der Waals surface area (Å²) in [4.78, 5) is 12.4. The topological polar surface area (TPSA) is 69.0 Å². The van der Waals surface area contributed by atoms with Crippen molar-refractivity contribution < 1.29 is 22.7 Å². The van der Waals surface area contributed by atoms with Gasteiger partial charge < -0.3 is 10.1 Å². The predicted molar refractivity (Wildman–Crippen MR) is 131 cm³/mol. The van der Waals surface area contributed by atoms with Crippen LogP contribution in [0.4, 0.5) is 18.9 Å². The minimum atomic E-state index is -4.55. The van der Waals surface area contributed by atoms with Crippen molar-refractivity contribution in [2.75, 3.05) is 11.1 Å². The summed E-state index contributed by atoms with van der Waals surface area (Å²) >= 11 is 7.05. The predicted octanol–water partition coefficient (Wildman–Crippen LogP) is 6.62. The number of anilines is 1. The Hall–Kier alpha value is -2.98. The molecule has 0 aliphatic rings. The Morgan fingerprint density at radius 2 is 2.03 bits per heavy atom. The van der Waals surface area contributed by atoms with Gasteiger partial charge in [0, 0.05) is 6.54 Å². The Morgan fingerprint density at radius 1 is 1.29 bits per heavy atom. The van der Waals surface area contributed by atoms with Crippen LogP contribution in [0.1, 0.15) is 35.5 Å². The zero-order valence-corrected chi connectivity index (χ0v) is 20.9. The van der Waals surface area contributed by atoms with Crippen LogP contribution in [0.3, 0.4) is 0 Å².